The number of anilines is 1. The smallest absolute Gasteiger partial charge is 0.255 e. The minimum Gasteiger partial charge on any atom is -0.455 e. The summed E-state index contributed by atoms with van der Waals surface area (Å²) < 4.78 is 22.0. The van der Waals surface area contributed by atoms with E-state index in [0.717, 1.165) is 15.7 Å². The fraction of sp³-hybridized carbons (Fsp3) is 0.0870. The number of nitrogens with zero attached hydrogens (tertiary/aromatic N) is 1. The number of halogens is 3. The van der Waals surface area contributed by atoms with Crippen molar-refractivity contribution in [3.63, 3.8) is 0 Å². The van der Waals surface area contributed by atoms with Crippen LogP contribution in [-0.2, 0) is 6.54 Å². The van der Waals surface area contributed by atoms with Crippen molar-refractivity contribution in [2.75, 3.05) is 11.4 Å². The van der Waals surface area contributed by atoms with Gasteiger partial charge in [-0.2, -0.15) is 0 Å². The van der Waals surface area contributed by atoms with E-state index < -0.39 is 0 Å². The Bertz CT molecular complexity index is 1260. The molecule has 4 nitrogen and oxygen atoms in total. The maximum absolute atomic E-state index is 13.4. The lowest BCUT2D eigenvalue weighted by molar-refractivity contribution is 0.0964. The molecule has 0 spiro atoms. The molecule has 0 saturated heterocycles. The molecule has 0 bridgehead atoms. The Morgan fingerprint density at radius 3 is 2.48 bits per heavy atom. The van der Waals surface area contributed by atoms with E-state index in [1.807, 2.05) is 36.4 Å². The van der Waals surface area contributed by atoms with E-state index in [9.17, 15) is 9.18 Å². The molecule has 0 radical (unpaired) electrons. The van der Waals surface area contributed by atoms with E-state index in [0.29, 0.717) is 39.4 Å². The van der Waals surface area contributed by atoms with Crippen LogP contribution in [0.5, 0.6) is 0 Å². The SMILES string of the molecule is CNC(=O)c1c(-c2ccc(F)cc2)oc2cc(N(S)Cc3ccc(Cl)cc3)c(Br)cc12. The number of benzene rings is 3. The van der Waals surface area contributed by atoms with Gasteiger partial charge in [0.05, 0.1) is 17.8 Å². The molecular weight excluding hydrogens is 503 g/mol. The van der Waals surface area contributed by atoms with E-state index >= 15 is 0 Å². The molecule has 0 aliphatic heterocycles. The molecule has 0 aliphatic rings. The van der Waals surface area contributed by atoms with Gasteiger partial charge in [0.15, 0.2) is 0 Å². The Labute approximate surface area is 197 Å². The lowest BCUT2D eigenvalue weighted by atomic mass is 10.0. The van der Waals surface area contributed by atoms with Gasteiger partial charge in [0.1, 0.15) is 17.2 Å². The van der Waals surface area contributed by atoms with E-state index in [4.69, 9.17) is 16.0 Å². The zero-order chi connectivity index (χ0) is 22.1. The van der Waals surface area contributed by atoms with Crippen molar-refractivity contribution in [1.82, 2.24) is 5.32 Å². The van der Waals surface area contributed by atoms with E-state index in [1.165, 1.54) is 12.1 Å². The molecule has 0 saturated carbocycles. The predicted molar refractivity (Wildman–Crippen MR) is 129 cm³/mol. The third-order valence-electron chi connectivity index (χ3n) is 4.84. The maximum Gasteiger partial charge on any atom is 0.255 e. The quantitative estimate of drug-likeness (QED) is 0.283. The number of furan rings is 1. The average Bonchev–Trinajstić information content (AvgIpc) is 3.13. The lowest BCUT2D eigenvalue weighted by Gasteiger charge is -2.19. The van der Waals surface area contributed by atoms with Crippen LogP contribution in [0, 0.1) is 5.82 Å². The monoisotopic (exact) mass is 518 g/mol. The van der Waals surface area contributed by atoms with Crippen LogP contribution in [0.4, 0.5) is 10.1 Å². The zero-order valence-electron chi connectivity index (χ0n) is 16.3. The van der Waals surface area contributed by atoms with Crippen LogP contribution < -0.4 is 9.62 Å². The zero-order valence-corrected chi connectivity index (χ0v) is 19.6. The highest BCUT2D eigenvalue weighted by Crippen LogP contribution is 2.40. The van der Waals surface area contributed by atoms with Gasteiger partial charge < -0.3 is 14.0 Å². The third-order valence-corrected chi connectivity index (χ3v) is 6.09. The first-order valence-corrected chi connectivity index (χ1v) is 10.9. The van der Waals surface area contributed by atoms with E-state index in [-0.39, 0.29) is 11.7 Å². The second kappa shape index (κ2) is 8.94. The van der Waals surface area contributed by atoms with Crippen LogP contribution in [0.2, 0.25) is 5.02 Å². The van der Waals surface area contributed by atoms with Crippen LogP contribution in [0.15, 0.2) is 69.6 Å². The summed E-state index contributed by atoms with van der Waals surface area (Å²) in [4.78, 5) is 12.7. The molecule has 1 amide bonds. The Kier molecular flexibility index (Phi) is 6.27. The maximum atomic E-state index is 13.4. The number of hydrogen-bond acceptors (Lipinski definition) is 4. The van der Waals surface area contributed by atoms with Crippen molar-refractivity contribution in [3.8, 4) is 11.3 Å². The summed E-state index contributed by atoms with van der Waals surface area (Å²) >= 11 is 14.2. The van der Waals surface area contributed by atoms with Gasteiger partial charge in [0, 0.05) is 33.6 Å². The van der Waals surface area contributed by atoms with E-state index in [1.54, 1.807) is 23.5 Å². The molecule has 4 aromatic rings. The molecular formula is C23H17BrClFN2O2S. The molecule has 0 aliphatic carbocycles. The number of hydrogen-bond donors (Lipinski definition) is 2. The number of carbonyl (C=O) groups is 1. The van der Waals surface area contributed by atoms with Crippen LogP contribution in [0.1, 0.15) is 15.9 Å². The Hall–Kier alpha value is -2.48. The molecule has 31 heavy (non-hydrogen) atoms. The van der Waals surface area contributed by atoms with Gasteiger partial charge in [-0.25, -0.2) is 4.39 Å². The normalized spacial score (nSPS) is 11.0. The van der Waals surface area contributed by atoms with Gasteiger partial charge in [0.2, 0.25) is 0 Å². The Morgan fingerprint density at radius 2 is 1.84 bits per heavy atom. The molecule has 1 aromatic heterocycles. The highest BCUT2D eigenvalue weighted by molar-refractivity contribution is 9.10. The molecule has 158 valence electrons. The number of fused-ring (bicyclic) bond motifs is 1. The topological polar surface area (TPSA) is 45.5 Å². The van der Waals surface area contributed by atoms with Gasteiger partial charge in [0.25, 0.3) is 5.91 Å². The first kappa shape index (κ1) is 21.7. The van der Waals surface area contributed by atoms with Crippen molar-refractivity contribution in [2.24, 2.45) is 0 Å². The molecule has 3 aromatic carbocycles. The summed E-state index contributed by atoms with van der Waals surface area (Å²) in [6, 6.07) is 17.0. The number of nitrogens with one attached hydrogen (secondary N) is 1. The summed E-state index contributed by atoms with van der Waals surface area (Å²) in [5.74, 6) is -0.275. The van der Waals surface area contributed by atoms with E-state index in [2.05, 4.69) is 34.1 Å². The lowest BCUT2D eigenvalue weighted by Crippen LogP contribution is -2.18. The molecule has 0 fully saturated rings. The second-order valence-electron chi connectivity index (χ2n) is 6.88. The molecule has 1 N–H and O–H groups in total. The van der Waals surface area contributed by atoms with Gasteiger partial charge in [-0.3, -0.25) is 4.79 Å². The van der Waals surface area contributed by atoms with Crippen molar-refractivity contribution in [2.45, 2.75) is 6.54 Å². The molecule has 0 atom stereocenters. The molecule has 8 heteroatoms. The summed E-state index contributed by atoms with van der Waals surface area (Å²) in [7, 11) is 1.56. The van der Waals surface area contributed by atoms with Gasteiger partial charge >= 0.3 is 0 Å². The fourth-order valence-corrected chi connectivity index (χ4v) is 4.46. The number of thiol groups is 1. The van der Waals surface area contributed by atoms with Crippen molar-refractivity contribution in [3.05, 3.63) is 87.1 Å². The fourth-order valence-electron chi connectivity index (χ4n) is 3.31. The van der Waals surface area contributed by atoms with Crippen LogP contribution >= 0.6 is 40.3 Å². The first-order valence-electron chi connectivity index (χ1n) is 9.32. The van der Waals surface area contributed by atoms with Crippen molar-refractivity contribution in [1.29, 1.82) is 0 Å². The van der Waals surface area contributed by atoms with Crippen molar-refractivity contribution < 1.29 is 13.6 Å². The van der Waals surface area contributed by atoms with Gasteiger partial charge in [-0.1, -0.05) is 36.5 Å². The second-order valence-corrected chi connectivity index (χ2v) is 8.65. The molecule has 1 heterocycles. The molecule has 4 rings (SSSR count). The minimum absolute atomic E-state index is 0.290. The standard InChI is InChI=1S/C23H17BrClFN2O2S/c1-27-23(29)21-17-10-18(24)19(28(31)12-13-2-6-15(25)7-3-13)11-20(17)30-22(21)14-4-8-16(26)9-5-14/h2-11,31H,12H2,1H3,(H,27,29). The van der Waals surface area contributed by atoms with Crippen LogP contribution in [-0.4, -0.2) is 13.0 Å². The first-order chi connectivity index (χ1) is 14.9. The van der Waals surface area contributed by atoms with Crippen LogP contribution in [0.3, 0.4) is 0 Å². The summed E-state index contributed by atoms with van der Waals surface area (Å²) in [5.41, 5.74) is 3.32. The average molecular weight is 520 g/mol. The number of rotatable bonds is 5. The minimum atomic E-state index is -0.362. The molecule has 0 unspecified atom stereocenters. The van der Waals surface area contributed by atoms with Gasteiger partial charge in [-0.15, -0.1) is 0 Å². The number of carbonyl (C=O) groups excluding carboxylic acids is 1. The van der Waals surface area contributed by atoms with Crippen LogP contribution in [0.25, 0.3) is 22.3 Å². The van der Waals surface area contributed by atoms with Gasteiger partial charge in [-0.05, 0) is 64.0 Å². The number of amides is 1. The third kappa shape index (κ3) is 4.44. The highest BCUT2D eigenvalue weighted by Gasteiger charge is 2.23. The predicted octanol–water partition coefficient (Wildman–Crippen LogP) is 6.87. The highest BCUT2D eigenvalue weighted by atomic mass is 79.9. The summed E-state index contributed by atoms with van der Waals surface area (Å²) in [6.45, 7) is 0.526. The van der Waals surface area contributed by atoms with Crippen molar-refractivity contribution >= 4 is 62.9 Å². The summed E-state index contributed by atoms with van der Waals surface area (Å²) in [6.07, 6.45) is 0. The summed E-state index contributed by atoms with van der Waals surface area (Å²) in [5, 5.41) is 3.96. The largest absolute Gasteiger partial charge is 0.455 e. The Balaban J connectivity index is 1.80. The Morgan fingerprint density at radius 1 is 1.16 bits per heavy atom.